The van der Waals surface area contributed by atoms with Gasteiger partial charge in [-0.15, -0.1) is 11.3 Å². The first-order valence-electron chi connectivity index (χ1n) is 4.66. The second-order valence-electron chi connectivity index (χ2n) is 3.11. The molecule has 0 bridgehead atoms. The van der Waals surface area contributed by atoms with Crippen LogP contribution in [0.5, 0.6) is 0 Å². The highest BCUT2D eigenvalue weighted by atomic mass is 32.1. The maximum absolute atomic E-state index is 5.44. The van der Waals surface area contributed by atoms with E-state index in [9.17, 15) is 0 Å². The summed E-state index contributed by atoms with van der Waals surface area (Å²) >= 11 is 1.74. The number of aromatic nitrogens is 2. The monoisotopic (exact) mass is 207 g/mol. The average Bonchev–Trinajstić information content (AvgIpc) is 2.85. The summed E-state index contributed by atoms with van der Waals surface area (Å²) in [5.74, 6) is 0. The van der Waals surface area contributed by atoms with Crippen LogP contribution in [-0.2, 0) is 6.54 Å². The molecule has 0 spiro atoms. The number of thiophene rings is 1. The van der Waals surface area contributed by atoms with Crippen LogP contribution >= 0.6 is 11.3 Å². The van der Waals surface area contributed by atoms with Crippen LogP contribution in [0.2, 0.25) is 0 Å². The summed E-state index contributed by atoms with van der Waals surface area (Å²) in [6.45, 7) is 1.62. The molecule has 2 rings (SSSR count). The third-order valence-electron chi connectivity index (χ3n) is 2.03. The highest BCUT2D eigenvalue weighted by Gasteiger charge is 2.01. The third-order valence-corrected chi connectivity index (χ3v) is 2.95. The van der Waals surface area contributed by atoms with Gasteiger partial charge in [-0.3, -0.25) is 4.68 Å². The Morgan fingerprint density at radius 1 is 1.50 bits per heavy atom. The Morgan fingerprint density at radius 2 is 2.43 bits per heavy atom. The lowest BCUT2D eigenvalue weighted by Crippen LogP contribution is -2.05. The first kappa shape index (κ1) is 9.43. The van der Waals surface area contributed by atoms with E-state index in [1.807, 2.05) is 10.9 Å². The van der Waals surface area contributed by atoms with Crippen LogP contribution in [0.25, 0.3) is 10.4 Å². The Labute approximate surface area is 87.2 Å². The van der Waals surface area contributed by atoms with Gasteiger partial charge in [0.2, 0.25) is 0 Å². The van der Waals surface area contributed by atoms with Gasteiger partial charge in [0, 0.05) is 23.2 Å². The van der Waals surface area contributed by atoms with Crippen molar-refractivity contribution in [2.45, 2.75) is 13.0 Å². The molecule has 0 amide bonds. The zero-order valence-electron chi connectivity index (χ0n) is 7.89. The van der Waals surface area contributed by atoms with Crippen molar-refractivity contribution in [3.63, 3.8) is 0 Å². The molecule has 0 aliphatic heterocycles. The fourth-order valence-electron chi connectivity index (χ4n) is 1.31. The molecular weight excluding hydrogens is 194 g/mol. The van der Waals surface area contributed by atoms with E-state index in [4.69, 9.17) is 5.73 Å². The molecule has 0 saturated carbocycles. The minimum atomic E-state index is 0.716. The van der Waals surface area contributed by atoms with Gasteiger partial charge in [0.15, 0.2) is 0 Å². The SMILES string of the molecule is NCCCn1cc(-c2cccs2)cn1. The summed E-state index contributed by atoms with van der Waals surface area (Å²) in [5.41, 5.74) is 6.63. The summed E-state index contributed by atoms with van der Waals surface area (Å²) < 4.78 is 1.95. The van der Waals surface area contributed by atoms with E-state index in [0.29, 0.717) is 6.54 Å². The van der Waals surface area contributed by atoms with E-state index in [2.05, 4.69) is 28.8 Å². The molecule has 3 nitrogen and oxygen atoms in total. The second-order valence-corrected chi connectivity index (χ2v) is 4.06. The first-order chi connectivity index (χ1) is 6.90. The van der Waals surface area contributed by atoms with Gasteiger partial charge in [0.25, 0.3) is 0 Å². The molecule has 74 valence electrons. The lowest BCUT2D eigenvalue weighted by atomic mass is 10.3. The number of hydrogen-bond donors (Lipinski definition) is 1. The predicted octanol–water partition coefficient (Wildman–Crippen LogP) is 1.96. The van der Waals surface area contributed by atoms with Crippen molar-refractivity contribution in [3.8, 4) is 10.4 Å². The van der Waals surface area contributed by atoms with Gasteiger partial charge in [0.1, 0.15) is 0 Å². The zero-order chi connectivity index (χ0) is 9.80. The zero-order valence-corrected chi connectivity index (χ0v) is 8.70. The molecule has 0 unspecified atom stereocenters. The summed E-state index contributed by atoms with van der Waals surface area (Å²) in [6, 6.07) is 4.16. The number of nitrogens with two attached hydrogens (primary N) is 1. The predicted molar refractivity (Wildman–Crippen MR) is 59.2 cm³/mol. The molecule has 2 heterocycles. The van der Waals surface area contributed by atoms with Gasteiger partial charge in [-0.1, -0.05) is 6.07 Å². The molecule has 0 saturated heterocycles. The third kappa shape index (κ3) is 2.02. The summed E-state index contributed by atoms with van der Waals surface area (Å²) in [5, 5.41) is 6.35. The van der Waals surface area contributed by atoms with Crippen LogP contribution in [0.4, 0.5) is 0 Å². The molecule has 14 heavy (non-hydrogen) atoms. The van der Waals surface area contributed by atoms with Crippen LogP contribution in [0, 0.1) is 0 Å². The molecule has 0 radical (unpaired) electrons. The number of nitrogens with zero attached hydrogens (tertiary/aromatic N) is 2. The minimum absolute atomic E-state index is 0.716. The van der Waals surface area contributed by atoms with Gasteiger partial charge in [-0.25, -0.2) is 0 Å². The van der Waals surface area contributed by atoms with Gasteiger partial charge >= 0.3 is 0 Å². The molecule has 0 aliphatic rings. The topological polar surface area (TPSA) is 43.8 Å². The number of hydrogen-bond acceptors (Lipinski definition) is 3. The van der Waals surface area contributed by atoms with E-state index >= 15 is 0 Å². The quantitative estimate of drug-likeness (QED) is 0.833. The lowest BCUT2D eigenvalue weighted by Gasteiger charge is -1.97. The van der Waals surface area contributed by atoms with Crippen LogP contribution < -0.4 is 5.73 Å². The van der Waals surface area contributed by atoms with Gasteiger partial charge in [-0.05, 0) is 24.4 Å². The molecule has 0 aliphatic carbocycles. The van der Waals surface area contributed by atoms with E-state index in [0.717, 1.165) is 13.0 Å². The van der Waals surface area contributed by atoms with Crippen molar-refractivity contribution in [3.05, 3.63) is 29.9 Å². The van der Waals surface area contributed by atoms with Crippen molar-refractivity contribution in [2.75, 3.05) is 6.54 Å². The Balaban J connectivity index is 2.10. The Bertz CT molecular complexity index is 378. The van der Waals surface area contributed by atoms with Crippen LogP contribution in [-0.4, -0.2) is 16.3 Å². The van der Waals surface area contributed by atoms with Crippen molar-refractivity contribution in [1.82, 2.24) is 9.78 Å². The lowest BCUT2D eigenvalue weighted by molar-refractivity contribution is 0.585. The first-order valence-corrected chi connectivity index (χ1v) is 5.54. The van der Waals surface area contributed by atoms with E-state index in [1.165, 1.54) is 10.4 Å². The molecule has 2 aromatic heterocycles. The summed E-state index contributed by atoms with van der Waals surface area (Å²) in [7, 11) is 0. The largest absolute Gasteiger partial charge is 0.330 e. The van der Waals surface area contributed by atoms with Gasteiger partial charge in [0.05, 0.1) is 6.20 Å². The molecule has 2 N–H and O–H groups in total. The Morgan fingerprint density at radius 3 is 3.14 bits per heavy atom. The van der Waals surface area contributed by atoms with Gasteiger partial charge < -0.3 is 5.73 Å². The summed E-state index contributed by atoms with van der Waals surface area (Å²) in [6.07, 6.45) is 4.95. The Kier molecular flexibility index (Phi) is 2.96. The molecule has 4 heteroatoms. The standard InChI is InChI=1S/C10H13N3S/c11-4-2-5-13-8-9(7-12-13)10-3-1-6-14-10/h1,3,6-8H,2,4-5,11H2. The highest BCUT2D eigenvalue weighted by molar-refractivity contribution is 7.13. The van der Waals surface area contributed by atoms with Crippen LogP contribution in [0.1, 0.15) is 6.42 Å². The second kappa shape index (κ2) is 4.39. The minimum Gasteiger partial charge on any atom is -0.330 e. The van der Waals surface area contributed by atoms with E-state index in [-0.39, 0.29) is 0 Å². The van der Waals surface area contributed by atoms with Crippen molar-refractivity contribution >= 4 is 11.3 Å². The van der Waals surface area contributed by atoms with Crippen LogP contribution in [0.15, 0.2) is 29.9 Å². The van der Waals surface area contributed by atoms with Crippen molar-refractivity contribution in [2.24, 2.45) is 5.73 Å². The molecule has 0 aromatic carbocycles. The molecule has 2 aromatic rings. The van der Waals surface area contributed by atoms with E-state index in [1.54, 1.807) is 11.3 Å². The number of rotatable bonds is 4. The maximum Gasteiger partial charge on any atom is 0.0576 e. The molecule has 0 atom stereocenters. The average molecular weight is 207 g/mol. The number of aryl methyl sites for hydroxylation is 1. The van der Waals surface area contributed by atoms with Crippen LogP contribution in [0.3, 0.4) is 0 Å². The van der Waals surface area contributed by atoms with Crippen molar-refractivity contribution < 1.29 is 0 Å². The molecular formula is C10H13N3S. The normalized spacial score (nSPS) is 10.6. The van der Waals surface area contributed by atoms with Gasteiger partial charge in [-0.2, -0.15) is 5.10 Å². The van der Waals surface area contributed by atoms with Crippen molar-refractivity contribution in [1.29, 1.82) is 0 Å². The Hall–Kier alpha value is -1.13. The maximum atomic E-state index is 5.44. The smallest absolute Gasteiger partial charge is 0.0576 e. The summed E-state index contributed by atoms with van der Waals surface area (Å²) in [4.78, 5) is 1.27. The van der Waals surface area contributed by atoms with E-state index < -0.39 is 0 Å². The fraction of sp³-hybridized carbons (Fsp3) is 0.300. The fourth-order valence-corrected chi connectivity index (χ4v) is 2.01. The molecule has 0 fully saturated rings. The highest BCUT2D eigenvalue weighted by Crippen LogP contribution is 2.23.